The molecule has 1 fully saturated rings. The number of aromatic nitrogens is 4. The average Bonchev–Trinajstić information content (AvgIpc) is 3.39. The number of nitrogens with zero attached hydrogens (tertiary/aromatic N) is 6. The molecule has 5 rings (SSSR count). The molecular weight excluding hydrogens is 400 g/mol. The number of carbonyl (C=O) groups is 1. The van der Waals surface area contributed by atoms with Gasteiger partial charge >= 0.3 is 0 Å². The second-order valence-corrected chi connectivity index (χ2v) is 7.80. The van der Waals surface area contributed by atoms with Gasteiger partial charge in [0.05, 0.1) is 0 Å². The Morgan fingerprint density at radius 1 is 0.812 bits per heavy atom. The van der Waals surface area contributed by atoms with Crippen LogP contribution in [-0.2, 0) is 0 Å². The highest BCUT2D eigenvalue weighted by Crippen LogP contribution is 2.21. The summed E-state index contributed by atoms with van der Waals surface area (Å²) in [5.74, 6) is 2.38. The highest BCUT2D eigenvalue weighted by atomic mass is 16.2. The Morgan fingerprint density at radius 3 is 2.19 bits per heavy atom. The number of hydrogen-bond acceptors (Lipinski definition) is 5. The zero-order chi connectivity index (χ0) is 21.9. The second-order valence-electron chi connectivity index (χ2n) is 7.80. The fraction of sp³-hybridized carbons (Fsp3) is 0.200. The third-order valence-corrected chi connectivity index (χ3v) is 5.68. The van der Waals surface area contributed by atoms with Gasteiger partial charge in [0.15, 0.2) is 5.82 Å². The third-order valence-electron chi connectivity index (χ3n) is 5.68. The molecule has 0 radical (unpaired) electrons. The maximum atomic E-state index is 13.0. The van der Waals surface area contributed by atoms with E-state index < -0.39 is 0 Å². The molecule has 32 heavy (non-hydrogen) atoms. The molecule has 0 aliphatic carbocycles. The van der Waals surface area contributed by atoms with Crippen LogP contribution in [0.5, 0.6) is 0 Å². The molecule has 0 N–H and O–H groups in total. The molecule has 3 heterocycles. The van der Waals surface area contributed by atoms with Gasteiger partial charge in [-0.1, -0.05) is 42.5 Å². The number of carbonyl (C=O) groups excluding carboxylic acids is 1. The lowest BCUT2D eigenvalue weighted by Gasteiger charge is -2.35. The molecule has 1 aliphatic heterocycles. The summed E-state index contributed by atoms with van der Waals surface area (Å²) in [4.78, 5) is 26.2. The van der Waals surface area contributed by atoms with Gasteiger partial charge in [-0.3, -0.25) is 4.79 Å². The first-order chi connectivity index (χ1) is 15.7. The standard InChI is InChI=1S/C25H24N6O/c1-19-27-23(18-24(28-19)31-13-5-12-26-31)29-14-16-30(17-15-29)25(32)22-10-8-21(9-11-22)20-6-3-2-4-7-20/h2-13,18H,14-17H2,1H3. The van der Waals surface area contributed by atoms with Gasteiger partial charge in [-0.2, -0.15) is 5.10 Å². The highest BCUT2D eigenvalue weighted by molar-refractivity contribution is 5.95. The zero-order valence-electron chi connectivity index (χ0n) is 17.9. The molecule has 1 amide bonds. The van der Waals surface area contributed by atoms with Crippen LogP contribution in [0.1, 0.15) is 16.2 Å². The predicted molar refractivity (Wildman–Crippen MR) is 124 cm³/mol. The maximum Gasteiger partial charge on any atom is 0.253 e. The van der Waals surface area contributed by atoms with E-state index in [1.165, 1.54) is 0 Å². The summed E-state index contributed by atoms with van der Waals surface area (Å²) in [5, 5.41) is 4.26. The number of hydrogen-bond donors (Lipinski definition) is 0. The molecule has 1 saturated heterocycles. The van der Waals surface area contributed by atoms with E-state index in [1.54, 1.807) is 10.9 Å². The lowest BCUT2D eigenvalue weighted by atomic mass is 10.0. The van der Waals surface area contributed by atoms with Gasteiger partial charge in [0.2, 0.25) is 0 Å². The van der Waals surface area contributed by atoms with Gasteiger partial charge in [0.1, 0.15) is 11.6 Å². The number of amides is 1. The van der Waals surface area contributed by atoms with Gasteiger partial charge < -0.3 is 9.80 Å². The molecule has 2 aromatic heterocycles. The molecule has 0 spiro atoms. The highest BCUT2D eigenvalue weighted by Gasteiger charge is 2.23. The summed E-state index contributed by atoms with van der Waals surface area (Å²) in [7, 11) is 0. The van der Waals surface area contributed by atoms with Gasteiger partial charge in [0.25, 0.3) is 5.91 Å². The van der Waals surface area contributed by atoms with Crippen LogP contribution in [0.25, 0.3) is 16.9 Å². The molecule has 1 aliphatic rings. The lowest BCUT2D eigenvalue weighted by Crippen LogP contribution is -2.49. The number of benzene rings is 2. The SMILES string of the molecule is Cc1nc(N2CCN(C(=O)c3ccc(-c4ccccc4)cc3)CC2)cc(-n2cccn2)n1. The average molecular weight is 425 g/mol. The number of anilines is 1. The Bertz CT molecular complexity index is 1200. The van der Waals surface area contributed by atoms with Crippen LogP contribution in [-0.4, -0.2) is 56.7 Å². The molecule has 7 nitrogen and oxygen atoms in total. The Kier molecular flexibility index (Phi) is 5.37. The summed E-state index contributed by atoms with van der Waals surface area (Å²) in [5.41, 5.74) is 2.98. The van der Waals surface area contributed by atoms with Crippen molar-refractivity contribution in [3.63, 3.8) is 0 Å². The summed E-state index contributed by atoms with van der Waals surface area (Å²) in [6, 6.07) is 21.9. The van der Waals surface area contributed by atoms with Crippen LogP contribution >= 0.6 is 0 Å². The Labute approximate surface area is 187 Å². The minimum Gasteiger partial charge on any atom is -0.353 e. The quantitative estimate of drug-likeness (QED) is 0.501. The molecular formula is C25H24N6O. The minimum absolute atomic E-state index is 0.0698. The molecule has 4 aromatic rings. The Morgan fingerprint density at radius 2 is 1.50 bits per heavy atom. The van der Waals surface area contributed by atoms with E-state index in [-0.39, 0.29) is 5.91 Å². The van der Waals surface area contributed by atoms with Crippen LogP contribution in [0, 0.1) is 6.92 Å². The van der Waals surface area contributed by atoms with E-state index in [9.17, 15) is 4.79 Å². The van der Waals surface area contributed by atoms with E-state index in [2.05, 4.69) is 32.1 Å². The van der Waals surface area contributed by atoms with Crippen molar-refractivity contribution in [1.29, 1.82) is 0 Å². The third kappa shape index (κ3) is 4.09. The van der Waals surface area contributed by atoms with Crippen molar-refractivity contribution < 1.29 is 4.79 Å². The van der Waals surface area contributed by atoms with Gasteiger partial charge in [-0.25, -0.2) is 14.6 Å². The minimum atomic E-state index is 0.0698. The van der Waals surface area contributed by atoms with Gasteiger partial charge in [-0.05, 0) is 36.2 Å². The second kappa shape index (κ2) is 8.63. The number of piperazine rings is 1. The Hall–Kier alpha value is -4.00. The van der Waals surface area contributed by atoms with E-state index >= 15 is 0 Å². The normalized spacial score (nSPS) is 13.9. The van der Waals surface area contributed by atoms with E-state index in [0.29, 0.717) is 18.9 Å². The summed E-state index contributed by atoms with van der Waals surface area (Å²) in [6.07, 6.45) is 3.60. The Balaban J connectivity index is 1.25. The van der Waals surface area contributed by atoms with Crippen LogP contribution in [0.4, 0.5) is 5.82 Å². The van der Waals surface area contributed by atoms with Crippen LogP contribution in [0.15, 0.2) is 79.1 Å². The predicted octanol–water partition coefficient (Wildman–Crippen LogP) is 3.60. The van der Waals surface area contributed by atoms with Crippen LogP contribution in [0.3, 0.4) is 0 Å². The monoisotopic (exact) mass is 424 g/mol. The van der Waals surface area contributed by atoms with Crippen molar-refractivity contribution in [3.8, 4) is 16.9 Å². The van der Waals surface area contributed by atoms with Gasteiger partial charge in [-0.15, -0.1) is 0 Å². The van der Waals surface area contributed by atoms with Crippen molar-refractivity contribution in [2.75, 3.05) is 31.1 Å². The molecule has 0 saturated carbocycles. The van der Waals surface area contributed by atoms with E-state index in [0.717, 1.165) is 41.4 Å². The summed E-state index contributed by atoms with van der Waals surface area (Å²) < 4.78 is 1.73. The van der Waals surface area contributed by atoms with E-state index in [1.807, 2.05) is 72.6 Å². The van der Waals surface area contributed by atoms with Gasteiger partial charge in [0, 0.05) is 50.2 Å². The molecule has 0 bridgehead atoms. The summed E-state index contributed by atoms with van der Waals surface area (Å²) in [6.45, 7) is 4.64. The summed E-state index contributed by atoms with van der Waals surface area (Å²) >= 11 is 0. The van der Waals surface area contributed by atoms with Crippen molar-refractivity contribution in [3.05, 3.63) is 90.5 Å². The first kappa shape index (κ1) is 19.9. The smallest absolute Gasteiger partial charge is 0.253 e. The molecule has 7 heteroatoms. The van der Waals surface area contributed by atoms with Crippen molar-refractivity contribution >= 4 is 11.7 Å². The largest absolute Gasteiger partial charge is 0.353 e. The fourth-order valence-corrected chi connectivity index (χ4v) is 3.98. The number of rotatable bonds is 4. The van der Waals surface area contributed by atoms with E-state index in [4.69, 9.17) is 0 Å². The zero-order valence-corrected chi connectivity index (χ0v) is 17.9. The van der Waals surface area contributed by atoms with Crippen LogP contribution < -0.4 is 4.90 Å². The van der Waals surface area contributed by atoms with Crippen LogP contribution in [0.2, 0.25) is 0 Å². The van der Waals surface area contributed by atoms with Crippen molar-refractivity contribution in [1.82, 2.24) is 24.6 Å². The number of aryl methyl sites for hydroxylation is 1. The fourth-order valence-electron chi connectivity index (χ4n) is 3.98. The topological polar surface area (TPSA) is 67.2 Å². The van der Waals surface area contributed by atoms with Crippen molar-refractivity contribution in [2.45, 2.75) is 6.92 Å². The molecule has 0 atom stereocenters. The van der Waals surface area contributed by atoms with Crippen molar-refractivity contribution in [2.24, 2.45) is 0 Å². The lowest BCUT2D eigenvalue weighted by molar-refractivity contribution is 0.0746. The first-order valence-corrected chi connectivity index (χ1v) is 10.7. The molecule has 2 aromatic carbocycles. The molecule has 160 valence electrons. The maximum absolute atomic E-state index is 13.0. The first-order valence-electron chi connectivity index (χ1n) is 10.7. The molecule has 0 unspecified atom stereocenters.